The van der Waals surface area contributed by atoms with Gasteiger partial charge in [-0.1, -0.05) is 24.3 Å². The second kappa shape index (κ2) is 8.37. The maximum Gasteiger partial charge on any atom is 0.159 e. The zero-order chi connectivity index (χ0) is 18.4. The zero-order valence-electron chi connectivity index (χ0n) is 13.8. The normalized spacial score (nSPS) is 10.4. The number of rotatable bonds is 7. The van der Waals surface area contributed by atoms with E-state index >= 15 is 0 Å². The van der Waals surface area contributed by atoms with E-state index in [-0.39, 0.29) is 6.42 Å². The van der Waals surface area contributed by atoms with Crippen LogP contribution in [0.3, 0.4) is 0 Å². The number of aliphatic carboxylic acids is 1. The number of hydrogen-bond donors (Lipinski definition) is 0. The number of ether oxygens (including phenoxy) is 1. The van der Waals surface area contributed by atoms with E-state index in [1.807, 2.05) is 30.3 Å². The SMILES string of the molecule is N#Cc1ccc(Oc2cnccc2SCCCC(=O)[O-])c2ccccc12. The maximum absolute atomic E-state index is 10.5. The van der Waals surface area contributed by atoms with E-state index in [2.05, 4.69) is 11.1 Å². The molecule has 0 N–H and O–H groups in total. The minimum absolute atomic E-state index is 0.0362. The molecule has 0 amide bonds. The monoisotopic (exact) mass is 363 g/mol. The Balaban J connectivity index is 1.85. The van der Waals surface area contributed by atoms with Gasteiger partial charge in [-0.15, -0.1) is 11.8 Å². The van der Waals surface area contributed by atoms with Gasteiger partial charge in [0.2, 0.25) is 0 Å². The van der Waals surface area contributed by atoms with Crippen molar-refractivity contribution in [1.82, 2.24) is 4.98 Å². The molecule has 0 bridgehead atoms. The third-order valence-corrected chi connectivity index (χ3v) is 4.89. The summed E-state index contributed by atoms with van der Waals surface area (Å²) in [5.74, 6) is 0.841. The third-order valence-electron chi connectivity index (χ3n) is 3.75. The van der Waals surface area contributed by atoms with Crippen LogP contribution in [0.4, 0.5) is 0 Å². The number of hydrogen-bond acceptors (Lipinski definition) is 6. The summed E-state index contributed by atoms with van der Waals surface area (Å²) in [5, 5.41) is 21.5. The number of carbonyl (C=O) groups excluding carboxylic acids is 1. The van der Waals surface area contributed by atoms with Crippen molar-refractivity contribution in [1.29, 1.82) is 5.26 Å². The predicted octanol–water partition coefficient (Wildman–Crippen LogP) is 3.52. The van der Waals surface area contributed by atoms with Gasteiger partial charge in [-0.3, -0.25) is 4.98 Å². The number of carboxylic acid groups (broad SMARTS) is 1. The summed E-state index contributed by atoms with van der Waals surface area (Å²) in [5.41, 5.74) is 0.594. The van der Waals surface area contributed by atoms with Crippen molar-refractivity contribution in [3.63, 3.8) is 0 Å². The van der Waals surface area contributed by atoms with Crippen LogP contribution in [0.5, 0.6) is 11.5 Å². The molecule has 0 aliphatic carbocycles. The van der Waals surface area contributed by atoms with Crippen LogP contribution in [0.25, 0.3) is 10.8 Å². The summed E-state index contributed by atoms with van der Waals surface area (Å²) in [6.45, 7) is 0. The molecule has 0 aliphatic rings. The van der Waals surface area contributed by atoms with E-state index in [9.17, 15) is 15.2 Å². The van der Waals surface area contributed by atoms with Gasteiger partial charge in [0.25, 0.3) is 0 Å². The highest BCUT2D eigenvalue weighted by atomic mass is 32.2. The van der Waals surface area contributed by atoms with Crippen LogP contribution >= 0.6 is 11.8 Å². The molecular weight excluding hydrogens is 348 g/mol. The second-order valence-electron chi connectivity index (χ2n) is 5.52. The van der Waals surface area contributed by atoms with E-state index in [0.29, 0.717) is 29.2 Å². The molecule has 3 aromatic rings. The second-order valence-corrected chi connectivity index (χ2v) is 6.65. The van der Waals surface area contributed by atoms with Crippen molar-refractivity contribution < 1.29 is 14.6 Å². The van der Waals surface area contributed by atoms with Crippen LogP contribution in [0.1, 0.15) is 18.4 Å². The van der Waals surface area contributed by atoms with Gasteiger partial charge >= 0.3 is 0 Å². The summed E-state index contributed by atoms with van der Waals surface area (Å²) in [6.07, 6.45) is 3.86. The molecule has 0 atom stereocenters. The van der Waals surface area contributed by atoms with Gasteiger partial charge in [0.1, 0.15) is 5.75 Å². The molecule has 0 saturated heterocycles. The highest BCUT2D eigenvalue weighted by Gasteiger charge is 2.10. The Bertz CT molecular complexity index is 982. The maximum atomic E-state index is 10.5. The first-order chi connectivity index (χ1) is 12.7. The van der Waals surface area contributed by atoms with Crippen LogP contribution in [0.15, 0.2) is 59.8 Å². The molecule has 1 aromatic heterocycles. The summed E-state index contributed by atoms with van der Waals surface area (Å²) < 4.78 is 6.08. The smallest absolute Gasteiger partial charge is 0.159 e. The number of carbonyl (C=O) groups is 1. The molecule has 26 heavy (non-hydrogen) atoms. The molecule has 1 heterocycles. The summed E-state index contributed by atoms with van der Waals surface area (Å²) >= 11 is 1.51. The van der Waals surface area contributed by atoms with Crippen molar-refractivity contribution >= 4 is 28.5 Å². The number of carboxylic acids is 1. The molecule has 2 aromatic carbocycles. The lowest BCUT2D eigenvalue weighted by atomic mass is 10.0. The number of fused-ring (bicyclic) bond motifs is 1. The Morgan fingerprint density at radius 3 is 2.73 bits per heavy atom. The number of nitrogens with zero attached hydrogens (tertiary/aromatic N) is 2. The molecule has 5 nitrogen and oxygen atoms in total. The highest BCUT2D eigenvalue weighted by molar-refractivity contribution is 7.99. The van der Waals surface area contributed by atoms with E-state index < -0.39 is 5.97 Å². The largest absolute Gasteiger partial charge is 0.550 e. The van der Waals surface area contributed by atoms with Crippen LogP contribution in [0, 0.1) is 11.3 Å². The number of nitriles is 1. The third kappa shape index (κ3) is 4.13. The van der Waals surface area contributed by atoms with Gasteiger partial charge < -0.3 is 14.6 Å². The van der Waals surface area contributed by atoms with E-state index in [1.165, 1.54) is 11.8 Å². The van der Waals surface area contributed by atoms with Crippen LogP contribution < -0.4 is 9.84 Å². The van der Waals surface area contributed by atoms with Crippen LogP contribution in [-0.4, -0.2) is 16.7 Å². The van der Waals surface area contributed by atoms with E-state index in [0.717, 1.165) is 15.7 Å². The van der Waals surface area contributed by atoms with Gasteiger partial charge in [0.15, 0.2) is 5.75 Å². The van der Waals surface area contributed by atoms with Crippen LogP contribution in [0.2, 0.25) is 0 Å². The summed E-state index contributed by atoms with van der Waals surface area (Å²) in [4.78, 5) is 15.5. The lowest BCUT2D eigenvalue weighted by Crippen LogP contribution is -2.21. The van der Waals surface area contributed by atoms with E-state index in [1.54, 1.807) is 24.5 Å². The average Bonchev–Trinajstić information content (AvgIpc) is 2.66. The first kappa shape index (κ1) is 17.8. The van der Waals surface area contributed by atoms with Crippen molar-refractivity contribution in [2.75, 3.05) is 5.75 Å². The van der Waals surface area contributed by atoms with Gasteiger partial charge in [-0.05, 0) is 36.8 Å². The predicted molar refractivity (Wildman–Crippen MR) is 97.9 cm³/mol. The molecule has 0 saturated carbocycles. The van der Waals surface area contributed by atoms with Crippen LogP contribution in [-0.2, 0) is 4.79 Å². The Kier molecular flexibility index (Phi) is 5.72. The average molecular weight is 363 g/mol. The minimum atomic E-state index is -1.04. The quantitative estimate of drug-likeness (QED) is 0.471. The van der Waals surface area contributed by atoms with Gasteiger partial charge in [0, 0.05) is 22.9 Å². The fourth-order valence-corrected chi connectivity index (χ4v) is 3.44. The fourth-order valence-electron chi connectivity index (χ4n) is 2.54. The molecule has 0 aliphatic heterocycles. The lowest BCUT2D eigenvalue weighted by Gasteiger charge is -2.13. The van der Waals surface area contributed by atoms with Gasteiger partial charge in [-0.2, -0.15) is 5.26 Å². The standard InChI is InChI=1S/C20H16N2O3S/c21-12-14-7-8-17(16-5-2-1-4-15(14)16)25-18-13-22-10-9-19(18)26-11-3-6-20(23)24/h1-2,4-5,7-10,13H,3,6,11H2,(H,23,24)/p-1. The minimum Gasteiger partial charge on any atom is -0.550 e. The van der Waals surface area contributed by atoms with Gasteiger partial charge in [0.05, 0.1) is 22.7 Å². The molecule has 6 heteroatoms. The lowest BCUT2D eigenvalue weighted by molar-refractivity contribution is -0.305. The molecule has 0 fully saturated rings. The Morgan fingerprint density at radius 2 is 1.96 bits per heavy atom. The fraction of sp³-hybridized carbons (Fsp3) is 0.150. The topological polar surface area (TPSA) is 86.0 Å². The highest BCUT2D eigenvalue weighted by Crippen LogP contribution is 2.36. The molecule has 0 radical (unpaired) electrons. The Morgan fingerprint density at radius 1 is 1.15 bits per heavy atom. The molecule has 130 valence electrons. The summed E-state index contributed by atoms with van der Waals surface area (Å²) in [6, 6.07) is 15.1. The van der Waals surface area contributed by atoms with Crippen molar-refractivity contribution in [2.45, 2.75) is 17.7 Å². The number of thioether (sulfide) groups is 1. The first-order valence-electron chi connectivity index (χ1n) is 8.05. The molecule has 3 rings (SSSR count). The molecule has 0 unspecified atom stereocenters. The Hall–Kier alpha value is -3.04. The molecule has 0 spiro atoms. The number of aromatic nitrogens is 1. The number of benzene rings is 2. The molecular formula is C20H15N2O3S-. The summed E-state index contributed by atoms with van der Waals surface area (Å²) in [7, 11) is 0. The Labute approximate surface area is 155 Å². The van der Waals surface area contributed by atoms with Crippen molar-refractivity contribution in [2.24, 2.45) is 0 Å². The van der Waals surface area contributed by atoms with Crippen molar-refractivity contribution in [3.8, 4) is 17.6 Å². The first-order valence-corrected chi connectivity index (χ1v) is 9.04. The van der Waals surface area contributed by atoms with E-state index in [4.69, 9.17) is 4.74 Å². The van der Waals surface area contributed by atoms with Crippen molar-refractivity contribution in [3.05, 3.63) is 60.4 Å². The zero-order valence-corrected chi connectivity index (χ0v) is 14.7. The number of pyridine rings is 1. The van der Waals surface area contributed by atoms with Gasteiger partial charge in [-0.25, -0.2) is 0 Å².